The summed E-state index contributed by atoms with van der Waals surface area (Å²) < 4.78 is 48.1. The Hall–Kier alpha value is -1.54. The van der Waals surface area contributed by atoms with E-state index < -0.39 is 26.4 Å². The monoisotopic (exact) mass is 306 g/mol. The van der Waals surface area contributed by atoms with Crippen molar-refractivity contribution in [3.8, 4) is 0 Å². The number of carbonyl (C=O) groups is 1. The van der Waals surface area contributed by atoms with Crippen molar-refractivity contribution in [1.29, 1.82) is 0 Å². The molecule has 0 saturated heterocycles. The maximum atomic E-state index is 12.6. The number of benzene rings is 1. The number of hydrogen-bond donors (Lipinski definition) is 2. The topological polar surface area (TPSA) is 75.3 Å². The van der Waals surface area contributed by atoms with Crippen LogP contribution in [0.2, 0.25) is 0 Å². The molecule has 1 aromatic rings. The van der Waals surface area contributed by atoms with Gasteiger partial charge in [-0.2, -0.15) is 8.78 Å². The number of carbonyl (C=O) groups excluding carboxylic acids is 1. The van der Waals surface area contributed by atoms with Crippen LogP contribution < -0.4 is 10.6 Å². The van der Waals surface area contributed by atoms with Gasteiger partial charge in [-0.3, -0.25) is 4.79 Å². The van der Waals surface area contributed by atoms with Gasteiger partial charge in [0.05, 0.1) is 10.6 Å². The van der Waals surface area contributed by atoms with Gasteiger partial charge in [-0.15, -0.1) is 0 Å². The number of nitrogens with one attached hydrogen (secondary N) is 2. The summed E-state index contributed by atoms with van der Waals surface area (Å²) in [7, 11) is -4.74. The highest BCUT2D eigenvalue weighted by Crippen LogP contribution is 2.26. The highest BCUT2D eigenvalue weighted by Gasteiger charge is 2.29. The van der Waals surface area contributed by atoms with Gasteiger partial charge >= 0.3 is 5.76 Å². The van der Waals surface area contributed by atoms with Gasteiger partial charge in [-0.25, -0.2) is 8.42 Å². The first-order chi connectivity index (χ1) is 9.39. The van der Waals surface area contributed by atoms with Crippen molar-refractivity contribution in [3.63, 3.8) is 0 Å². The molecule has 1 rings (SSSR count). The van der Waals surface area contributed by atoms with E-state index in [2.05, 4.69) is 10.6 Å². The molecule has 0 saturated carbocycles. The van der Waals surface area contributed by atoms with Gasteiger partial charge in [0.25, 0.3) is 0 Å². The summed E-state index contributed by atoms with van der Waals surface area (Å²) in [5.74, 6) is -3.97. The predicted molar refractivity (Wildman–Crippen MR) is 71.4 cm³/mol. The molecule has 112 valence electrons. The van der Waals surface area contributed by atoms with E-state index in [4.69, 9.17) is 0 Å². The molecule has 0 fully saturated rings. The van der Waals surface area contributed by atoms with Crippen LogP contribution >= 0.6 is 0 Å². The Balaban J connectivity index is 2.89. The fraction of sp³-hybridized carbons (Fsp3) is 0.417. The first kappa shape index (κ1) is 16.5. The Kier molecular flexibility index (Phi) is 6.03. The molecular formula is C12H16F2N2O3S. The number of para-hydroxylation sites is 1. The van der Waals surface area contributed by atoms with Crippen molar-refractivity contribution >= 4 is 21.4 Å². The number of anilines is 1. The number of hydrogen-bond acceptors (Lipinski definition) is 4. The molecule has 0 unspecified atom stereocenters. The predicted octanol–water partition coefficient (Wildman–Crippen LogP) is 1.62. The summed E-state index contributed by atoms with van der Waals surface area (Å²) in [6.45, 7) is 3.00. The summed E-state index contributed by atoms with van der Waals surface area (Å²) in [6, 6.07) is 5.11. The fourth-order valence-electron chi connectivity index (χ4n) is 1.51. The normalized spacial score (nSPS) is 11.6. The zero-order valence-electron chi connectivity index (χ0n) is 10.9. The molecule has 0 aliphatic heterocycles. The van der Waals surface area contributed by atoms with Gasteiger partial charge in [-0.1, -0.05) is 19.1 Å². The Morgan fingerprint density at radius 3 is 2.55 bits per heavy atom. The summed E-state index contributed by atoms with van der Waals surface area (Å²) in [5, 5.41) is 5.27. The maximum absolute atomic E-state index is 12.6. The van der Waals surface area contributed by atoms with Crippen molar-refractivity contribution in [2.24, 2.45) is 0 Å². The van der Waals surface area contributed by atoms with E-state index in [9.17, 15) is 22.0 Å². The van der Waals surface area contributed by atoms with E-state index in [1.807, 2.05) is 6.92 Å². The molecule has 1 amide bonds. The Bertz CT molecular complexity index is 562. The van der Waals surface area contributed by atoms with Gasteiger partial charge < -0.3 is 10.6 Å². The van der Waals surface area contributed by atoms with Crippen LogP contribution in [0.25, 0.3) is 0 Å². The molecule has 0 bridgehead atoms. The third-order valence-corrected chi connectivity index (χ3v) is 3.92. The molecule has 20 heavy (non-hydrogen) atoms. The molecule has 0 atom stereocenters. The fourth-order valence-corrected chi connectivity index (χ4v) is 2.39. The Labute approximate surface area is 116 Å². The van der Waals surface area contributed by atoms with Crippen molar-refractivity contribution < 1.29 is 22.0 Å². The summed E-state index contributed by atoms with van der Waals surface area (Å²) in [4.78, 5) is 11.0. The average molecular weight is 306 g/mol. The molecule has 0 aliphatic carbocycles. The highest BCUT2D eigenvalue weighted by molar-refractivity contribution is 7.91. The lowest BCUT2D eigenvalue weighted by Crippen LogP contribution is -2.22. The molecule has 0 radical (unpaired) electrons. The first-order valence-electron chi connectivity index (χ1n) is 6.01. The summed E-state index contributed by atoms with van der Waals surface area (Å²) in [6.07, 6.45) is 0.122. The van der Waals surface area contributed by atoms with Crippen LogP contribution in [-0.2, 0) is 14.6 Å². The van der Waals surface area contributed by atoms with Gasteiger partial charge in [0.2, 0.25) is 15.7 Å². The van der Waals surface area contributed by atoms with Gasteiger partial charge in [0.1, 0.15) is 0 Å². The second kappa shape index (κ2) is 7.30. The Morgan fingerprint density at radius 2 is 1.95 bits per heavy atom. The molecule has 0 spiro atoms. The molecule has 8 heteroatoms. The van der Waals surface area contributed by atoms with E-state index in [1.165, 1.54) is 18.2 Å². The molecule has 2 N–H and O–H groups in total. The summed E-state index contributed by atoms with van der Waals surface area (Å²) >= 11 is 0. The maximum Gasteiger partial charge on any atom is 0.341 e. The molecule has 1 aromatic carbocycles. The van der Waals surface area contributed by atoms with Crippen molar-refractivity contribution in [2.75, 3.05) is 18.4 Å². The minimum Gasteiger partial charge on any atom is -0.325 e. The van der Waals surface area contributed by atoms with Gasteiger partial charge in [0, 0.05) is 13.0 Å². The zero-order chi connectivity index (χ0) is 15.2. The van der Waals surface area contributed by atoms with E-state index in [-0.39, 0.29) is 12.1 Å². The number of halogens is 2. The number of sulfone groups is 1. The number of rotatable bonds is 7. The molecule has 0 aromatic heterocycles. The SMILES string of the molecule is CCNCCC(=O)Nc1ccccc1S(=O)(=O)C(F)F. The van der Waals surface area contributed by atoms with E-state index >= 15 is 0 Å². The van der Waals surface area contributed by atoms with E-state index in [1.54, 1.807) is 0 Å². The van der Waals surface area contributed by atoms with Crippen LogP contribution in [0.3, 0.4) is 0 Å². The smallest absolute Gasteiger partial charge is 0.325 e. The van der Waals surface area contributed by atoms with E-state index in [0.29, 0.717) is 13.1 Å². The minimum absolute atomic E-state index is 0.122. The quantitative estimate of drug-likeness (QED) is 0.751. The Morgan fingerprint density at radius 1 is 1.30 bits per heavy atom. The average Bonchev–Trinajstić information content (AvgIpc) is 2.39. The summed E-state index contributed by atoms with van der Waals surface area (Å²) in [5.41, 5.74) is -0.130. The van der Waals surface area contributed by atoms with Gasteiger partial charge in [-0.05, 0) is 18.7 Å². The number of alkyl halides is 2. The van der Waals surface area contributed by atoms with Crippen LogP contribution in [-0.4, -0.2) is 33.2 Å². The lowest BCUT2D eigenvalue weighted by Gasteiger charge is -2.11. The molecular weight excluding hydrogens is 290 g/mol. The van der Waals surface area contributed by atoms with E-state index in [0.717, 1.165) is 6.07 Å². The second-order valence-electron chi connectivity index (χ2n) is 3.95. The molecule has 0 aliphatic rings. The lowest BCUT2D eigenvalue weighted by atomic mass is 10.3. The van der Waals surface area contributed by atoms with Crippen LogP contribution in [0.5, 0.6) is 0 Å². The van der Waals surface area contributed by atoms with Crippen molar-refractivity contribution in [3.05, 3.63) is 24.3 Å². The van der Waals surface area contributed by atoms with Crippen LogP contribution in [0, 0.1) is 0 Å². The first-order valence-corrected chi connectivity index (χ1v) is 7.56. The zero-order valence-corrected chi connectivity index (χ0v) is 11.7. The standard InChI is InChI=1S/C12H16F2N2O3S/c1-2-15-8-7-11(17)16-9-5-3-4-6-10(9)20(18,19)12(13)14/h3-6,12,15H,2,7-8H2,1H3,(H,16,17). The largest absolute Gasteiger partial charge is 0.341 e. The number of amides is 1. The van der Waals surface area contributed by atoms with Crippen molar-refractivity contribution in [2.45, 2.75) is 24.0 Å². The highest BCUT2D eigenvalue weighted by atomic mass is 32.2. The third-order valence-electron chi connectivity index (χ3n) is 2.48. The van der Waals surface area contributed by atoms with Crippen LogP contribution in [0.1, 0.15) is 13.3 Å². The van der Waals surface area contributed by atoms with Crippen LogP contribution in [0.4, 0.5) is 14.5 Å². The van der Waals surface area contributed by atoms with Crippen molar-refractivity contribution in [1.82, 2.24) is 5.32 Å². The van der Waals surface area contributed by atoms with Gasteiger partial charge in [0.15, 0.2) is 0 Å². The third kappa shape index (κ3) is 4.24. The minimum atomic E-state index is -4.74. The molecule has 0 heterocycles. The lowest BCUT2D eigenvalue weighted by molar-refractivity contribution is -0.116. The second-order valence-corrected chi connectivity index (χ2v) is 5.84. The van der Waals surface area contributed by atoms with Crippen LogP contribution in [0.15, 0.2) is 29.2 Å². The molecule has 5 nitrogen and oxygen atoms in total.